The molecule has 3 nitrogen and oxygen atoms in total. The van der Waals surface area contributed by atoms with E-state index in [4.69, 9.17) is 8.83 Å². The number of rotatable bonds is 5. The molecule has 58 heavy (non-hydrogen) atoms. The molecule has 0 aliphatic heterocycles. The lowest BCUT2D eigenvalue weighted by molar-refractivity contribution is 0.660. The summed E-state index contributed by atoms with van der Waals surface area (Å²) in [6, 6.07) is 67.7. The van der Waals surface area contributed by atoms with Crippen LogP contribution in [0.4, 0.5) is 17.1 Å². The Kier molecular flexibility index (Phi) is 6.98. The van der Waals surface area contributed by atoms with Crippen LogP contribution in [-0.2, 0) is 5.41 Å². The van der Waals surface area contributed by atoms with Crippen molar-refractivity contribution >= 4 is 71.7 Å². The minimum absolute atomic E-state index is 0.150. The smallest absolute Gasteiger partial charge is 0.145 e. The summed E-state index contributed by atoms with van der Waals surface area (Å²) < 4.78 is 13.1. The minimum atomic E-state index is -0.150. The highest BCUT2D eigenvalue weighted by Crippen LogP contribution is 2.55. The molecule has 3 heteroatoms. The highest BCUT2D eigenvalue weighted by Gasteiger charge is 2.38. The first kappa shape index (κ1) is 32.8. The molecule has 0 saturated carbocycles. The number of para-hydroxylation sites is 2. The van der Waals surface area contributed by atoms with Gasteiger partial charge in [0.15, 0.2) is 0 Å². The topological polar surface area (TPSA) is 29.5 Å². The van der Waals surface area contributed by atoms with Gasteiger partial charge in [-0.3, -0.25) is 0 Å². The molecule has 0 amide bonds. The van der Waals surface area contributed by atoms with Crippen LogP contribution in [0.3, 0.4) is 0 Å². The highest BCUT2D eigenvalue weighted by atomic mass is 16.3. The molecule has 9 aromatic carbocycles. The molecule has 0 N–H and O–H groups in total. The Bertz CT molecular complexity index is 3430. The van der Waals surface area contributed by atoms with Gasteiger partial charge in [-0.05, 0) is 98.8 Å². The molecule has 0 bridgehead atoms. The second-order valence-electron chi connectivity index (χ2n) is 16.0. The van der Waals surface area contributed by atoms with E-state index in [0.29, 0.717) is 0 Å². The molecular weight excluding hydrogens is 707 g/mol. The Morgan fingerprint density at radius 3 is 1.91 bits per heavy atom. The minimum Gasteiger partial charge on any atom is -0.456 e. The maximum atomic E-state index is 6.93. The molecule has 0 spiro atoms. The molecule has 0 radical (unpaired) electrons. The van der Waals surface area contributed by atoms with Crippen LogP contribution in [0, 0.1) is 0 Å². The van der Waals surface area contributed by atoms with Gasteiger partial charge in [-0.25, -0.2) is 0 Å². The molecule has 0 saturated heterocycles. The zero-order valence-corrected chi connectivity index (χ0v) is 32.2. The van der Waals surface area contributed by atoms with Gasteiger partial charge >= 0.3 is 0 Å². The third-order valence-corrected chi connectivity index (χ3v) is 12.5. The predicted octanol–water partition coefficient (Wildman–Crippen LogP) is 15.7. The van der Waals surface area contributed by atoms with Crippen LogP contribution in [0.2, 0.25) is 0 Å². The Labute approximate surface area is 336 Å². The Balaban J connectivity index is 1.11. The summed E-state index contributed by atoms with van der Waals surface area (Å²) in [7, 11) is 0. The normalized spacial score (nSPS) is 13.1. The van der Waals surface area contributed by atoms with Crippen LogP contribution in [0.15, 0.2) is 197 Å². The molecule has 0 atom stereocenters. The molecule has 2 aromatic heterocycles. The van der Waals surface area contributed by atoms with Crippen LogP contribution in [0.25, 0.3) is 88.0 Å². The number of fused-ring (bicyclic) bond motifs is 10. The van der Waals surface area contributed by atoms with Crippen LogP contribution in [-0.4, -0.2) is 0 Å². The molecular formula is C55H37NO2. The quantitative estimate of drug-likeness (QED) is 0.176. The van der Waals surface area contributed by atoms with Gasteiger partial charge < -0.3 is 13.7 Å². The maximum absolute atomic E-state index is 6.93. The van der Waals surface area contributed by atoms with Gasteiger partial charge in [-0.2, -0.15) is 0 Å². The Hall–Kier alpha value is -7.36. The van der Waals surface area contributed by atoms with Gasteiger partial charge in [0.2, 0.25) is 0 Å². The van der Waals surface area contributed by atoms with E-state index in [1.54, 1.807) is 0 Å². The van der Waals surface area contributed by atoms with Crippen molar-refractivity contribution in [1.82, 2.24) is 0 Å². The largest absolute Gasteiger partial charge is 0.456 e. The second-order valence-corrected chi connectivity index (χ2v) is 16.0. The average molecular weight is 744 g/mol. The third-order valence-electron chi connectivity index (χ3n) is 12.5. The molecule has 2 heterocycles. The lowest BCUT2D eigenvalue weighted by Crippen LogP contribution is -2.16. The zero-order chi connectivity index (χ0) is 38.5. The third kappa shape index (κ3) is 4.74. The van der Waals surface area contributed by atoms with Crippen molar-refractivity contribution in [2.75, 3.05) is 4.90 Å². The molecule has 11 aromatic rings. The van der Waals surface area contributed by atoms with E-state index in [2.05, 4.69) is 195 Å². The van der Waals surface area contributed by atoms with Crippen molar-refractivity contribution in [2.45, 2.75) is 19.3 Å². The number of anilines is 3. The lowest BCUT2D eigenvalue weighted by Gasteiger charge is -2.30. The van der Waals surface area contributed by atoms with Crippen LogP contribution >= 0.6 is 0 Å². The summed E-state index contributed by atoms with van der Waals surface area (Å²) in [5, 5.41) is 6.84. The van der Waals surface area contributed by atoms with Crippen molar-refractivity contribution in [1.29, 1.82) is 0 Å². The first-order chi connectivity index (χ1) is 28.5. The molecule has 12 rings (SSSR count). The van der Waals surface area contributed by atoms with Gasteiger partial charge in [0.25, 0.3) is 0 Å². The number of hydrogen-bond acceptors (Lipinski definition) is 3. The fourth-order valence-corrected chi connectivity index (χ4v) is 9.71. The van der Waals surface area contributed by atoms with E-state index in [1.165, 1.54) is 33.0 Å². The highest BCUT2D eigenvalue weighted by molar-refractivity contribution is 6.19. The number of nitrogens with zero attached hydrogens (tertiary/aromatic N) is 1. The second kappa shape index (κ2) is 12.3. The van der Waals surface area contributed by atoms with Crippen molar-refractivity contribution in [3.8, 4) is 33.4 Å². The van der Waals surface area contributed by atoms with Crippen molar-refractivity contribution < 1.29 is 8.83 Å². The van der Waals surface area contributed by atoms with Gasteiger partial charge in [0.05, 0.1) is 16.8 Å². The Morgan fingerprint density at radius 2 is 1.05 bits per heavy atom. The van der Waals surface area contributed by atoms with Crippen LogP contribution < -0.4 is 4.90 Å². The fourth-order valence-electron chi connectivity index (χ4n) is 9.71. The monoisotopic (exact) mass is 743 g/mol. The lowest BCUT2D eigenvalue weighted by atomic mass is 9.82. The summed E-state index contributed by atoms with van der Waals surface area (Å²) >= 11 is 0. The maximum Gasteiger partial charge on any atom is 0.145 e. The fraction of sp³-hybridized carbons (Fsp3) is 0.0545. The SMILES string of the molecule is CC1(C)c2ccccc2-c2c(N(c3ccc(-c4ccc5oc6ccccc6c5c4)cc3)c3ccc(-c4cccc5ccccc45)c4oc5ccccc5c34)cccc21. The van der Waals surface area contributed by atoms with E-state index in [-0.39, 0.29) is 5.41 Å². The molecule has 1 aliphatic carbocycles. The number of benzene rings is 9. The summed E-state index contributed by atoms with van der Waals surface area (Å²) in [6.45, 7) is 4.70. The molecule has 1 aliphatic rings. The van der Waals surface area contributed by atoms with Gasteiger partial charge in [-0.15, -0.1) is 0 Å². The van der Waals surface area contributed by atoms with E-state index in [1.807, 2.05) is 12.1 Å². The zero-order valence-electron chi connectivity index (χ0n) is 32.2. The van der Waals surface area contributed by atoms with Crippen molar-refractivity contribution in [3.05, 3.63) is 199 Å². The van der Waals surface area contributed by atoms with E-state index >= 15 is 0 Å². The predicted molar refractivity (Wildman–Crippen MR) is 242 cm³/mol. The van der Waals surface area contributed by atoms with Crippen molar-refractivity contribution in [3.63, 3.8) is 0 Å². The van der Waals surface area contributed by atoms with Crippen molar-refractivity contribution in [2.24, 2.45) is 0 Å². The Morgan fingerprint density at radius 1 is 0.414 bits per heavy atom. The molecule has 0 unspecified atom stereocenters. The van der Waals surface area contributed by atoms with Gasteiger partial charge in [-0.1, -0.05) is 147 Å². The average Bonchev–Trinajstić information content (AvgIpc) is 3.92. The standard InChI is InChI=1S/C55H37NO2/c1-55(2)45-20-8-5-17-42(45)52-46(55)21-12-22-47(52)56(37-28-25-34(26-29-37)36-27-32-51-44(33-36)40-16-6-9-23-49(40)57-51)48-31-30-41(39-19-11-14-35-13-3-4-15-38(35)39)54-53(48)43-18-7-10-24-50(43)58-54/h3-33H,1-2H3. The van der Waals surface area contributed by atoms with E-state index in [9.17, 15) is 0 Å². The molecule has 0 fully saturated rings. The summed E-state index contributed by atoms with van der Waals surface area (Å²) in [6.07, 6.45) is 0. The van der Waals surface area contributed by atoms with E-state index < -0.39 is 0 Å². The van der Waals surface area contributed by atoms with Crippen LogP contribution in [0.5, 0.6) is 0 Å². The van der Waals surface area contributed by atoms with Gasteiger partial charge in [0.1, 0.15) is 22.3 Å². The van der Waals surface area contributed by atoms with Gasteiger partial charge in [0, 0.05) is 38.4 Å². The first-order valence-corrected chi connectivity index (χ1v) is 20.0. The summed E-state index contributed by atoms with van der Waals surface area (Å²) in [5.41, 5.74) is 16.4. The number of furan rings is 2. The first-order valence-electron chi connectivity index (χ1n) is 20.0. The molecule has 274 valence electrons. The summed E-state index contributed by atoms with van der Waals surface area (Å²) in [5.74, 6) is 0. The van der Waals surface area contributed by atoms with Crippen LogP contribution in [0.1, 0.15) is 25.0 Å². The van der Waals surface area contributed by atoms with E-state index in [0.717, 1.165) is 83.2 Å². The summed E-state index contributed by atoms with van der Waals surface area (Å²) in [4.78, 5) is 2.46. The number of hydrogen-bond donors (Lipinski definition) is 0.